The van der Waals surface area contributed by atoms with Gasteiger partial charge in [0.25, 0.3) is 0 Å². The second kappa shape index (κ2) is 9.15. The highest BCUT2D eigenvalue weighted by Gasteiger charge is 2.23. The number of rotatable bonds is 6. The van der Waals surface area contributed by atoms with Crippen LogP contribution in [0.3, 0.4) is 0 Å². The molecule has 0 atom stereocenters. The summed E-state index contributed by atoms with van der Waals surface area (Å²) in [6, 6.07) is 9.81. The third-order valence-corrected chi connectivity index (χ3v) is 6.12. The molecule has 0 saturated heterocycles. The fourth-order valence-electron chi connectivity index (χ4n) is 4.13. The van der Waals surface area contributed by atoms with E-state index < -0.39 is 11.6 Å². The number of benzene rings is 2. The Morgan fingerprint density at radius 1 is 1.03 bits per heavy atom. The summed E-state index contributed by atoms with van der Waals surface area (Å²) in [7, 11) is 0. The molecule has 5 aromatic rings. The Bertz CT molecular complexity index is 1490. The van der Waals surface area contributed by atoms with Crippen molar-refractivity contribution in [2.24, 2.45) is 0 Å². The number of hydrogen-bond donors (Lipinski definition) is 2. The molecule has 0 aliphatic carbocycles. The lowest BCUT2D eigenvalue weighted by Crippen LogP contribution is -2.11. The molecular formula is C25H19ClF2N6. The van der Waals surface area contributed by atoms with E-state index in [0.717, 1.165) is 11.1 Å². The molecule has 0 saturated carbocycles. The fourth-order valence-corrected chi connectivity index (χ4v) is 4.34. The van der Waals surface area contributed by atoms with E-state index in [1.54, 1.807) is 37.5 Å². The van der Waals surface area contributed by atoms with Gasteiger partial charge in [0.2, 0.25) is 0 Å². The molecule has 2 aromatic carbocycles. The van der Waals surface area contributed by atoms with Gasteiger partial charge in [-0.25, -0.2) is 23.7 Å². The normalized spacial score (nSPS) is 11.2. The smallest absolute Gasteiger partial charge is 0.182 e. The first-order chi connectivity index (χ1) is 16.5. The molecule has 0 amide bonds. The lowest BCUT2D eigenvalue weighted by Gasteiger charge is -2.21. The Kier molecular flexibility index (Phi) is 5.90. The van der Waals surface area contributed by atoms with Crippen molar-refractivity contribution in [1.29, 1.82) is 0 Å². The van der Waals surface area contributed by atoms with E-state index in [-0.39, 0.29) is 11.4 Å². The number of pyridine rings is 1. The molecule has 0 fully saturated rings. The van der Waals surface area contributed by atoms with Crippen molar-refractivity contribution in [1.82, 2.24) is 24.9 Å². The van der Waals surface area contributed by atoms with Crippen LogP contribution in [0.2, 0.25) is 5.02 Å². The number of nitrogens with one attached hydrogen (secondary N) is 2. The zero-order valence-corrected chi connectivity index (χ0v) is 18.9. The molecule has 0 unspecified atom stereocenters. The van der Waals surface area contributed by atoms with Crippen LogP contribution in [0.5, 0.6) is 0 Å². The van der Waals surface area contributed by atoms with E-state index in [0.29, 0.717) is 45.8 Å². The minimum atomic E-state index is -0.526. The molecule has 3 aromatic heterocycles. The highest BCUT2D eigenvalue weighted by atomic mass is 35.5. The second-order valence-corrected chi connectivity index (χ2v) is 8.11. The molecule has 34 heavy (non-hydrogen) atoms. The monoisotopic (exact) mass is 476 g/mol. The summed E-state index contributed by atoms with van der Waals surface area (Å²) in [6.07, 6.45) is 6.57. The molecule has 0 bridgehead atoms. The number of H-pyrrole nitrogens is 1. The predicted octanol–water partition coefficient (Wildman–Crippen LogP) is 5.98. The van der Waals surface area contributed by atoms with Crippen LogP contribution in [0.15, 0.2) is 61.4 Å². The molecule has 3 heterocycles. The van der Waals surface area contributed by atoms with E-state index in [9.17, 15) is 4.39 Å². The number of aromatic amines is 1. The van der Waals surface area contributed by atoms with Crippen LogP contribution >= 0.6 is 11.6 Å². The quantitative estimate of drug-likeness (QED) is 0.315. The Morgan fingerprint density at radius 2 is 1.88 bits per heavy atom. The Labute approximate surface area is 199 Å². The minimum Gasteiger partial charge on any atom is -0.368 e. The van der Waals surface area contributed by atoms with Crippen LogP contribution < -0.4 is 5.32 Å². The highest BCUT2D eigenvalue weighted by molar-refractivity contribution is 6.32. The first kappa shape index (κ1) is 21.9. The summed E-state index contributed by atoms with van der Waals surface area (Å²) >= 11 is 6.46. The summed E-state index contributed by atoms with van der Waals surface area (Å²) in [6.45, 7) is 2.10. The maximum Gasteiger partial charge on any atom is 0.182 e. The maximum absolute atomic E-state index is 15.6. The largest absolute Gasteiger partial charge is 0.368 e. The van der Waals surface area contributed by atoms with Gasteiger partial charge in [-0.05, 0) is 59.4 Å². The van der Waals surface area contributed by atoms with Crippen LogP contribution in [0, 0.1) is 18.6 Å². The maximum atomic E-state index is 15.6. The molecular weight excluding hydrogens is 458 g/mol. The molecule has 170 valence electrons. The number of aromatic nitrogens is 5. The molecule has 0 aliphatic rings. The van der Waals surface area contributed by atoms with Crippen molar-refractivity contribution in [2.45, 2.75) is 13.3 Å². The second-order valence-electron chi connectivity index (χ2n) is 7.73. The third kappa shape index (κ3) is 3.97. The zero-order valence-electron chi connectivity index (χ0n) is 18.1. The molecule has 0 radical (unpaired) electrons. The van der Waals surface area contributed by atoms with Gasteiger partial charge in [-0.1, -0.05) is 29.8 Å². The average molecular weight is 477 g/mol. The van der Waals surface area contributed by atoms with Gasteiger partial charge in [-0.15, -0.1) is 0 Å². The summed E-state index contributed by atoms with van der Waals surface area (Å²) in [5, 5.41) is 3.25. The van der Waals surface area contributed by atoms with E-state index in [4.69, 9.17) is 11.6 Å². The molecule has 9 heteroatoms. The van der Waals surface area contributed by atoms with Crippen molar-refractivity contribution in [3.63, 3.8) is 0 Å². The number of nitrogens with zero attached hydrogens (tertiary/aromatic N) is 4. The van der Waals surface area contributed by atoms with Crippen molar-refractivity contribution < 1.29 is 8.78 Å². The molecule has 0 aliphatic heterocycles. The van der Waals surface area contributed by atoms with Gasteiger partial charge in [-0.2, -0.15) is 0 Å². The van der Waals surface area contributed by atoms with Crippen LogP contribution in [0.4, 0.5) is 14.6 Å². The molecule has 2 N–H and O–H groups in total. The SMILES string of the molecule is Cc1c(Cl)c(F)c(CCNc2ncnc3nc[nH]c23)c(-c2cccc(F)c2)c1-c1cccnc1. The van der Waals surface area contributed by atoms with E-state index in [1.165, 1.54) is 24.8 Å². The summed E-state index contributed by atoms with van der Waals surface area (Å²) < 4.78 is 29.8. The van der Waals surface area contributed by atoms with Gasteiger partial charge in [0, 0.05) is 24.5 Å². The lowest BCUT2D eigenvalue weighted by molar-refractivity contribution is 0.610. The van der Waals surface area contributed by atoms with Gasteiger partial charge in [0.15, 0.2) is 11.5 Å². The van der Waals surface area contributed by atoms with E-state index >= 15 is 4.39 Å². The molecule has 5 rings (SSSR count). The summed E-state index contributed by atoms with van der Waals surface area (Å²) in [4.78, 5) is 19.7. The van der Waals surface area contributed by atoms with Crippen LogP contribution in [-0.4, -0.2) is 31.5 Å². The average Bonchev–Trinajstić information content (AvgIpc) is 3.34. The summed E-state index contributed by atoms with van der Waals surface area (Å²) in [5.74, 6) is -0.377. The van der Waals surface area contributed by atoms with E-state index in [2.05, 4.69) is 30.2 Å². The Hall–Kier alpha value is -3.91. The zero-order chi connectivity index (χ0) is 23.7. The van der Waals surface area contributed by atoms with Crippen molar-refractivity contribution in [3.05, 3.63) is 89.2 Å². The predicted molar refractivity (Wildman–Crippen MR) is 129 cm³/mol. The third-order valence-electron chi connectivity index (χ3n) is 5.67. The number of imidazole rings is 1. The van der Waals surface area contributed by atoms with Crippen LogP contribution in [0.1, 0.15) is 11.1 Å². The van der Waals surface area contributed by atoms with E-state index in [1.807, 2.05) is 6.07 Å². The standard InChI is InChI=1S/C25H19ClF2N6/c1-14-19(16-5-3-8-29-11-16)20(15-4-2-6-17(27)10-15)18(22(28)21(14)26)7-9-30-24-23-25(32-12-31-23)34-13-33-24/h2-6,8,10-13H,7,9H2,1H3,(H2,30,31,32,33,34). The molecule has 0 spiro atoms. The van der Waals surface area contributed by atoms with Crippen LogP contribution in [-0.2, 0) is 6.42 Å². The fraction of sp³-hybridized carbons (Fsp3) is 0.120. The lowest BCUT2D eigenvalue weighted by atomic mass is 9.86. The number of anilines is 1. The van der Waals surface area contributed by atoms with Crippen molar-refractivity contribution in [3.8, 4) is 22.3 Å². The van der Waals surface area contributed by atoms with Gasteiger partial charge in [-0.3, -0.25) is 4.98 Å². The van der Waals surface area contributed by atoms with Gasteiger partial charge < -0.3 is 10.3 Å². The van der Waals surface area contributed by atoms with Gasteiger partial charge >= 0.3 is 0 Å². The topological polar surface area (TPSA) is 79.4 Å². The summed E-state index contributed by atoms with van der Waals surface area (Å²) in [5.41, 5.74) is 4.77. The van der Waals surface area contributed by atoms with Gasteiger partial charge in [0.1, 0.15) is 23.5 Å². The number of halogens is 3. The first-order valence-corrected chi connectivity index (χ1v) is 11.0. The van der Waals surface area contributed by atoms with Crippen LogP contribution in [0.25, 0.3) is 33.4 Å². The van der Waals surface area contributed by atoms with Crippen molar-refractivity contribution in [2.75, 3.05) is 11.9 Å². The minimum absolute atomic E-state index is 0.0343. The first-order valence-electron chi connectivity index (χ1n) is 10.6. The Balaban J connectivity index is 1.62. The molecule has 6 nitrogen and oxygen atoms in total. The Morgan fingerprint density at radius 3 is 2.68 bits per heavy atom. The van der Waals surface area contributed by atoms with Crippen molar-refractivity contribution >= 4 is 28.6 Å². The number of hydrogen-bond acceptors (Lipinski definition) is 5. The number of fused-ring (bicyclic) bond motifs is 1. The van der Waals surface area contributed by atoms with Gasteiger partial charge in [0.05, 0.1) is 11.3 Å². The highest BCUT2D eigenvalue weighted by Crippen LogP contribution is 2.42.